The third kappa shape index (κ3) is 3.16. The van der Waals surface area contributed by atoms with E-state index >= 15 is 0 Å². The Morgan fingerprint density at radius 3 is 2.65 bits per heavy atom. The molecule has 1 saturated heterocycles. The molecule has 3 rings (SSSR count). The number of methoxy groups -OCH3 is 1. The fourth-order valence-electron chi connectivity index (χ4n) is 3.41. The van der Waals surface area contributed by atoms with Gasteiger partial charge in [0, 0.05) is 36.2 Å². The minimum Gasteiger partial charge on any atom is -0.465 e. The Bertz CT molecular complexity index is 852. The minimum atomic E-state index is -0.367. The summed E-state index contributed by atoms with van der Waals surface area (Å²) in [5.41, 5.74) is 3.23. The number of furan rings is 1. The van der Waals surface area contributed by atoms with Gasteiger partial charge in [0.05, 0.1) is 19.2 Å². The van der Waals surface area contributed by atoms with Gasteiger partial charge in [-0.05, 0) is 32.9 Å². The standard InChI is InChI=1S/C19H24N2O4S/c1-11-6-7-14(25-11)10-21-15(22)8-9-26-18(21)16-12(2)20(4)13(3)17(16)19(23)24-5/h6-7,18H,8-10H2,1-5H3. The van der Waals surface area contributed by atoms with Crippen LogP contribution in [0.1, 0.15) is 50.6 Å². The number of thioether (sulfide) groups is 1. The lowest BCUT2D eigenvalue weighted by Crippen LogP contribution is -2.37. The fourth-order valence-corrected chi connectivity index (χ4v) is 4.75. The molecule has 1 aliphatic heterocycles. The Morgan fingerprint density at radius 1 is 1.31 bits per heavy atom. The third-order valence-electron chi connectivity index (χ3n) is 4.98. The van der Waals surface area contributed by atoms with Crippen molar-refractivity contribution >= 4 is 23.6 Å². The molecule has 7 heteroatoms. The second-order valence-corrected chi connectivity index (χ2v) is 7.71. The number of aryl methyl sites for hydroxylation is 1. The molecule has 0 aromatic carbocycles. The van der Waals surface area contributed by atoms with Gasteiger partial charge in [-0.25, -0.2) is 4.79 Å². The third-order valence-corrected chi connectivity index (χ3v) is 6.23. The van der Waals surface area contributed by atoms with Crippen molar-refractivity contribution in [3.05, 3.63) is 46.2 Å². The monoisotopic (exact) mass is 376 g/mol. The average molecular weight is 376 g/mol. The molecule has 6 nitrogen and oxygen atoms in total. The number of hydrogen-bond acceptors (Lipinski definition) is 5. The Hall–Kier alpha value is -2.15. The maximum Gasteiger partial charge on any atom is 0.340 e. The largest absolute Gasteiger partial charge is 0.465 e. The van der Waals surface area contributed by atoms with E-state index in [0.29, 0.717) is 18.5 Å². The summed E-state index contributed by atoms with van der Waals surface area (Å²) in [5.74, 6) is 1.99. The van der Waals surface area contributed by atoms with Crippen molar-refractivity contribution in [3.63, 3.8) is 0 Å². The first-order valence-electron chi connectivity index (χ1n) is 8.55. The zero-order chi connectivity index (χ0) is 19.0. The molecule has 1 aliphatic rings. The SMILES string of the molecule is COC(=O)c1c(C2SCCC(=O)N2Cc2ccc(C)o2)c(C)n(C)c1C. The predicted molar refractivity (Wildman–Crippen MR) is 100 cm³/mol. The molecule has 1 fully saturated rings. The van der Waals surface area contributed by atoms with Gasteiger partial charge < -0.3 is 18.6 Å². The number of hydrogen-bond donors (Lipinski definition) is 0. The minimum absolute atomic E-state index is 0.0690. The summed E-state index contributed by atoms with van der Waals surface area (Å²) in [7, 11) is 3.31. The van der Waals surface area contributed by atoms with E-state index < -0.39 is 0 Å². The zero-order valence-electron chi connectivity index (χ0n) is 15.8. The molecular formula is C19H24N2O4S. The van der Waals surface area contributed by atoms with E-state index in [0.717, 1.165) is 34.2 Å². The van der Waals surface area contributed by atoms with Crippen molar-refractivity contribution in [1.82, 2.24) is 9.47 Å². The highest BCUT2D eigenvalue weighted by Crippen LogP contribution is 2.43. The van der Waals surface area contributed by atoms with Crippen LogP contribution in [-0.2, 0) is 23.1 Å². The second kappa shape index (κ2) is 7.23. The summed E-state index contributed by atoms with van der Waals surface area (Å²) in [4.78, 5) is 26.9. The van der Waals surface area contributed by atoms with E-state index in [1.807, 2.05) is 44.5 Å². The van der Waals surface area contributed by atoms with E-state index in [1.54, 1.807) is 16.7 Å². The van der Waals surface area contributed by atoms with E-state index in [4.69, 9.17) is 9.15 Å². The second-order valence-electron chi connectivity index (χ2n) is 6.52. The highest BCUT2D eigenvalue weighted by Gasteiger charge is 2.36. The van der Waals surface area contributed by atoms with Crippen LogP contribution in [0, 0.1) is 20.8 Å². The van der Waals surface area contributed by atoms with Crippen LogP contribution in [-0.4, -0.2) is 34.2 Å². The average Bonchev–Trinajstić information content (AvgIpc) is 3.12. The molecule has 0 aliphatic carbocycles. The molecule has 0 N–H and O–H groups in total. The van der Waals surface area contributed by atoms with Crippen LogP contribution < -0.4 is 0 Å². The fraction of sp³-hybridized carbons (Fsp3) is 0.474. The van der Waals surface area contributed by atoms with E-state index in [2.05, 4.69) is 0 Å². The van der Waals surface area contributed by atoms with Crippen molar-refractivity contribution in [2.75, 3.05) is 12.9 Å². The molecule has 0 saturated carbocycles. The molecular weight excluding hydrogens is 352 g/mol. The van der Waals surface area contributed by atoms with Crippen molar-refractivity contribution < 1.29 is 18.7 Å². The lowest BCUT2D eigenvalue weighted by molar-refractivity contribution is -0.133. The molecule has 0 bridgehead atoms. The van der Waals surface area contributed by atoms with Gasteiger partial charge in [-0.3, -0.25) is 4.79 Å². The van der Waals surface area contributed by atoms with Gasteiger partial charge in [0.2, 0.25) is 5.91 Å². The number of carbonyl (C=O) groups is 2. The summed E-state index contributed by atoms with van der Waals surface area (Å²) >= 11 is 1.67. The molecule has 140 valence electrons. The molecule has 1 unspecified atom stereocenters. The van der Waals surface area contributed by atoms with Gasteiger partial charge >= 0.3 is 5.97 Å². The number of rotatable bonds is 4. The Morgan fingerprint density at radius 2 is 2.04 bits per heavy atom. The number of aromatic nitrogens is 1. The van der Waals surface area contributed by atoms with Crippen molar-refractivity contribution in [2.24, 2.45) is 7.05 Å². The summed E-state index contributed by atoms with van der Waals surface area (Å²) in [6.07, 6.45) is 0.485. The zero-order valence-corrected chi connectivity index (χ0v) is 16.6. The molecule has 1 amide bonds. The van der Waals surface area contributed by atoms with Crippen molar-refractivity contribution in [3.8, 4) is 0 Å². The summed E-state index contributed by atoms with van der Waals surface area (Å²) in [6.45, 7) is 6.15. The maximum absolute atomic E-state index is 12.7. The number of carbonyl (C=O) groups excluding carboxylic acids is 2. The van der Waals surface area contributed by atoms with Crippen LogP contribution in [0.2, 0.25) is 0 Å². The van der Waals surface area contributed by atoms with Gasteiger partial charge in [-0.1, -0.05) is 0 Å². The van der Waals surface area contributed by atoms with Gasteiger partial charge in [0.1, 0.15) is 16.9 Å². The van der Waals surface area contributed by atoms with Gasteiger partial charge in [-0.15, -0.1) is 11.8 Å². The van der Waals surface area contributed by atoms with Gasteiger partial charge in [0.15, 0.2) is 0 Å². The van der Waals surface area contributed by atoms with Crippen LogP contribution in [0.5, 0.6) is 0 Å². The lowest BCUT2D eigenvalue weighted by Gasteiger charge is -2.35. The first-order valence-corrected chi connectivity index (χ1v) is 9.60. The quantitative estimate of drug-likeness (QED) is 0.764. The van der Waals surface area contributed by atoms with Crippen molar-refractivity contribution in [2.45, 2.75) is 39.1 Å². The van der Waals surface area contributed by atoms with Crippen LogP contribution in [0.4, 0.5) is 0 Å². The number of ether oxygens (including phenoxy) is 1. The molecule has 2 aromatic heterocycles. The van der Waals surface area contributed by atoms with Crippen LogP contribution in [0.25, 0.3) is 0 Å². The Labute approximate surface area is 157 Å². The van der Waals surface area contributed by atoms with Crippen LogP contribution >= 0.6 is 11.8 Å². The molecule has 26 heavy (non-hydrogen) atoms. The van der Waals surface area contributed by atoms with Crippen LogP contribution in [0.3, 0.4) is 0 Å². The Kier molecular flexibility index (Phi) is 5.18. The number of nitrogens with zero attached hydrogens (tertiary/aromatic N) is 2. The van der Waals surface area contributed by atoms with E-state index in [-0.39, 0.29) is 17.3 Å². The first kappa shape index (κ1) is 18.6. The lowest BCUT2D eigenvalue weighted by atomic mass is 10.1. The smallest absolute Gasteiger partial charge is 0.340 e. The van der Waals surface area contributed by atoms with Crippen molar-refractivity contribution in [1.29, 1.82) is 0 Å². The summed E-state index contributed by atoms with van der Waals surface area (Å²) in [6, 6.07) is 3.78. The molecule has 2 aromatic rings. The Balaban J connectivity index is 2.06. The maximum atomic E-state index is 12.7. The topological polar surface area (TPSA) is 64.7 Å². The number of amides is 1. The number of esters is 1. The van der Waals surface area contributed by atoms with E-state index in [1.165, 1.54) is 7.11 Å². The normalized spacial score (nSPS) is 17.7. The molecule has 1 atom stereocenters. The highest BCUT2D eigenvalue weighted by atomic mass is 32.2. The van der Waals surface area contributed by atoms with Gasteiger partial charge in [-0.2, -0.15) is 0 Å². The molecule has 3 heterocycles. The highest BCUT2D eigenvalue weighted by molar-refractivity contribution is 7.99. The summed E-state index contributed by atoms with van der Waals surface area (Å²) < 4.78 is 12.7. The van der Waals surface area contributed by atoms with Gasteiger partial charge in [0.25, 0.3) is 0 Å². The van der Waals surface area contributed by atoms with E-state index in [9.17, 15) is 9.59 Å². The molecule has 0 spiro atoms. The summed E-state index contributed by atoms with van der Waals surface area (Å²) in [5, 5.41) is -0.240. The predicted octanol–water partition coefficient (Wildman–Crippen LogP) is 3.49. The first-order chi connectivity index (χ1) is 12.3. The van der Waals surface area contributed by atoms with Crippen LogP contribution in [0.15, 0.2) is 16.5 Å². The molecule has 0 radical (unpaired) electrons.